The van der Waals surface area contributed by atoms with Crippen molar-refractivity contribution in [2.45, 2.75) is 31.8 Å². The second kappa shape index (κ2) is 9.19. The van der Waals surface area contributed by atoms with Crippen molar-refractivity contribution in [3.63, 3.8) is 0 Å². The number of nitrogens with zero attached hydrogens (tertiary/aromatic N) is 2. The summed E-state index contributed by atoms with van der Waals surface area (Å²) in [6.45, 7) is 15.3. The van der Waals surface area contributed by atoms with Gasteiger partial charge in [0.1, 0.15) is 0 Å². The summed E-state index contributed by atoms with van der Waals surface area (Å²) in [6.07, 6.45) is 2.02. The van der Waals surface area contributed by atoms with Crippen LogP contribution in [-0.4, -0.2) is 58.5 Å². The molecule has 0 aliphatic rings. The molecule has 0 bridgehead atoms. The maximum Gasteiger partial charge on any atom is 0.480 e. The summed E-state index contributed by atoms with van der Waals surface area (Å²) in [4.78, 5) is 0. The van der Waals surface area contributed by atoms with Gasteiger partial charge in [-0.25, -0.2) is 16.8 Å². The smallest absolute Gasteiger partial charge is 0.421 e. The van der Waals surface area contributed by atoms with E-state index in [1.807, 2.05) is 6.08 Å². The number of likely N-dealkylation sites (N-methyl/N-ethyl adjacent to an activating group) is 1. The Morgan fingerprint density at radius 2 is 1.12 bits per heavy atom. The molecule has 0 aliphatic heterocycles. The Morgan fingerprint density at radius 3 is 1.24 bits per heavy atom. The second-order valence-corrected chi connectivity index (χ2v) is 8.10. The molecular formula is C11H20F6N2O4S2. The molecule has 0 heterocycles. The average Bonchev–Trinajstić information content (AvgIpc) is 2.42. The number of quaternary nitrogens is 1. The Hall–Kier alpha value is -0.860. The molecule has 0 fully saturated rings. The normalized spacial score (nSPS) is 13.8. The van der Waals surface area contributed by atoms with Crippen LogP contribution in [0.5, 0.6) is 0 Å². The van der Waals surface area contributed by atoms with Crippen molar-refractivity contribution in [2.24, 2.45) is 0 Å². The molecule has 0 aliphatic carbocycles. The fraction of sp³-hybridized carbons (Fsp3) is 0.818. The largest absolute Gasteiger partial charge is 0.480 e. The molecule has 0 aromatic carbocycles. The van der Waals surface area contributed by atoms with Crippen molar-refractivity contribution in [3.05, 3.63) is 16.8 Å². The molecule has 0 aromatic rings. The third-order valence-corrected chi connectivity index (χ3v) is 6.05. The average molecular weight is 422 g/mol. The highest BCUT2D eigenvalue weighted by atomic mass is 32.3. The van der Waals surface area contributed by atoms with Crippen LogP contribution >= 0.6 is 0 Å². The summed E-state index contributed by atoms with van der Waals surface area (Å²) in [6, 6.07) is 0. The van der Waals surface area contributed by atoms with E-state index >= 15 is 0 Å². The Bertz CT molecular complexity index is 572. The predicted molar refractivity (Wildman–Crippen MR) is 80.3 cm³/mol. The lowest BCUT2D eigenvalue weighted by atomic mass is 10.3. The maximum absolute atomic E-state index is 11.4. The Morgan fingerprint density at radius 1 is 0.840 bits per heavy atom. The minimum absolute atomic E-state index is 0.778. The summed E-state index contributed by atoms with van der Waals surface area (Å²) in [5, 5.41) is 0. The van der Waals surface area contributed by atoms with E-state index in [1.54, 1.807) is 0 Å². The van der Waals surface area contributed by atoms with E-state index in [2.05, 4.69) is 27.4 Å². The lowest BCUT2D eigenvalue weighted by Gasteiger charge is -2.34. The van der Waals surface area contributed by atoms with Gasteiger partial charge in [-0.1, -0.05) is 6.58 Å². The lowest BCUT2D eigenvalue weighted by Crippen LogP contribution is -2.47. The van der Waals surface area contributed by atoms with Crippen LogP contribution in [0.15, 0.2) is 12.7 Å². The molecule has 6 nitrogen and oxygen atoms in total. The molecular weight excluding hydrogens is 402 g/mol. The zero-order chi connectivity index (χ0) is 20.7. The molecule has 0 spiro atoms. The molecule has 0 saturated carbocycles. The number of hydrogen-bond donors (Lipinski definition) is 0. The quantitative estimate of drug-likeness (QED) is 0.359. The molecule has 0 unspecified atom stereocenters. The third kappa shape index (κ3) is 7.92. The molecule has 0 radical (unpaired) electrons. The van der Waals surface area contributed by atoms with E-state index in [4.69, 9.17) is 0 Å². The molecule has 0 rings (SSSR count). The standard InChI is InChI=1S/C9H20N.C2F6NO4S2/c1-5-9-10(6-2,7-3)8-4;3-1(4,5)14(10,11)9-15(12,13)2(6,7)8/h5H,1,6-9H2,2-4H3;/q+1;-1. The highest BCUT2D eigenvalue weighted by Gasteiger charge is 2.46. The van der Waals surface area contributed by atoms with E-state index in [-0.39, 0.29) is 0 Å². The van der Waals surface area contributed by atoms with Gasteiger partial charge in [-0.15, -0.1) is 0 Å². The van der Waals surface area contributed by atoms with Gasteiger partial charge in [-0.2, -0.15) is 26.3 Å². The monoisotopic (exact) mass is 422 g/mol. The number of rotatable bonds is 7. The Balaban J connectivity index is 0. The van der Waals surface area contributed by atoms with Gasteiger partial charge in [-0.05, 0) is 26.8 Å². The molecule has 0 atom stereocenters. The molecule has 0 N–H and O–H groups in total. The minimum Gasteiger partial charge on any atom is -0.421 e. The maximum atomic E-state index is 11.4. The van der Waals surface area contributed by atoms with Crippen molar-refractivity contribution < 1.29 is 47.7 Å². The zero-order valence-corrected chi connectivity index (χ0v) is 15.4. The SMILES string of the molecule is C=CC[N+](CC)(CC)CC.O=S(=O)([N-]S(=O)(=O)C(F)(F)F)C(F)(F)F. The van der Waals surface area contributed by atoms with E-state index in [9.17, 15) is 43.2 Å². The molecule has 25 heavy (non-hydrogen) atoms. The van der Waals surface area contributed by atoms with E-state index in [0.717, 1.165) is 10.7 Å². The van der Waals surface area contributed by atoms with E-state index < -0.39 is 31.1 Å². The van der Waals surface area contributed by atoms with E-state index in [1.165, 1.54) is 24.1 Å². The van der Waals surface area contributed by atoms with Crippen LogP contribution < -0.4 is 0 Å². The summed E-state index contributed by atoms with van der Waals surface area (Å²) in [5.74, 6) is 0. The van der Waals surface area contributed by atoms with Crippen molar-refractivity contribution in [2.75, 3.05) is 26.2 Å². The van der Waals surface area contributed by atoms with Crippen LogP contribution in [-0.2, 0) is 20.0 Å². The topological polar surface area (TPSA) is 82.4 Å². The van der Waals surface area contributed by atoms with Crippen LogP contribution in [0.3, 0.4) is 0 Å². The van der Waals surface area contributed by atoms with E-state index in [0.29, 0.717) is 0 Å². The highest BCUT2D eigenvalue weighted by Crippen LogP contribution is 2.36. The van der Waals surface area contributed by atoms with Crippen LogP contribution in [0, 0.1) is 0 Å². The van der Waals surface area contributed by atoms with Crippen molar-refractivity contribution in [1.29, 1.82) is 0 Å². The zero-order valence-electron chi connectivity index (χ0n) is 13.7. The van der Waals surface area contributed by atoms with Gasteiger partial charge in [0, 0.05) is 0 Å². The van der Waals surface area contributed by atoms with Crippen molar-refractivity contribution >= 4 is 20.0 Å². The number of halogens is 6. The summed E-state index contributed by atoms with van der Waals surface area (Å²) >= 11 is 0. The molecule has 0 aromatic heterocycles. The van der Waals surface area contributed by atoms with Crippen LogP contribution in [0.4, 0.5) is 26.3 Å². The first kappa shape index (κ1) is 26.4. The molecule has 14 heteroatoms. The highest BCUT2D eigenvalue weighted by molar-refractivity contribution is 8.13. The summed E-state index contributed by atoms with van der Waals surface area (Å²) < 4.78 is 110. The third-order valence-electron chi connectivity index (χ3n) is 3.31. The van der Waals surface area contributed by atoms with Gasteiger partial charge in [0.15, 0.2) is 20.0 Å². The van der Waals surface area contributed by atoms with Gasteiger partial charge in [0.2, 0.25) is 0 Å². The van der Waals surface area contributed by atoms with Crippen molar-refractivity contribution in [3.8, 4) is 0 Å². The number of alkyl halides is 6. The van der Waals surface area contributed by atoms with Gasteiger partial charge in [-0.3, -0.25) is 0 Å². The van der Waals surface area contributed by atoms with Gasteiger partial charge < -0.3 is 8.61 Å². The first-order valence-corrected chi connectivity index (χ1v) is 9.66. The van der Waals surface area contributed by atoms with Crippen LogP contribution in [0.2, 0.25) is 0 Å². The Kier molecular flexibility index (Phi) is 9.69. The fourth-order valence-corrected chi connectivity index (χ4v) is 3.26. The van der Waals surface area contributed by atoms with Gasteiger partial charge >= 0.3 is 11.0 Å². The summed E-state index contributed by atoms with van der Waals surface area (Å²) in [7, 11) is -13.4. The van der Waals surface area contributed by atoms with Crippen molar-refractivity contribution in [1.82, 2.24) is 0 Å². The second-order valence-electron chi connectivity index (χ2n) is 4.68. The predicted octanol–water partition coefficient (Wildman–Crippen LogP) is 3.11. The minimum atomic E-state index is -6.72. The van der Waals surface area contributed by atoms with Crippen LogP contribution in [0.25, 0.3) is 4.13 Å². The molecule has 152 valence electrons. The number of hydrogen-bond acceptors (Lipinski definition) is 4. The number of sulfonamides is 2. The van der Waals surface area contributed by atoms with Crippen LogP contribution in [0.1, 0.15) is 20.8 Å². The summed E-state index contributed by atoms with van der Waals surface area (Å²) in [5.41, 5.74) is -12.4. The molecule has 0 saturated heterocycles. The Labute approximate surface area is 143 Å². The lowest BCUT2D eigenvalue weighted by molar-refractivity contribution is -0.917. The fourth-order valence-electron chi connectivity index (χ4n) is 1.55. The van der Waals surface area contributed by atoms with Gasteiger partial charge in [0.05, 0.1) is 26.2 Å². The first-order chi connectivity index (χ1) is 10.9. The van der Waals surface area contributed by atoms with Gasteiger partial charge in [0.25, 0.3) is 0 Å². The first-order valence-electron chi connectivity index (χ1n) is 6.78. The molecule has 0 amide bonds.